The SMILES string of the molecule is O=C(CC(Cc1ccc(OCC2CC(Nc3ccccn3)C2)cc1)C(=O)O)c1c(Cl)cccc1Cl. The molecule has 1 aliphatic rings. The number of rotatable bonds is 11. The number of hydrogen-bond acceptors (Lipinski definition) is 5. The number of halogens is 2. The first kappa shape index (κ1) is 25.0. The van der Waals surface area contributed by atoms with E-state index in [1.54, 1.807) is 24.4 Å². The van der Waals surface area contributed by atoms with Crippen LogP contribution in [0.2, 0.25) is 10.0 Å². The number of carboxylic acid groups (broad SMARTS) is 1. The monoisotopic (exact) mass is 512 g/mol. The van der Waals surface area contributed by atoms with Crippen molar-refractivity contribution in [3.05, 3.63) is 88.0 Å². The van der Waals surface area contributed by atoms with Crippen molar-refractivity contribution in [1.29, 1.82) is 0 Å². The van der Waals surface area contributed by atoms with Gasteiger partial charge in [-0.2, -0.15) is 0 Å². The van der Waals surface area contributed by atoms with Gasteiger partial charge in [0.1, 0.15) is 11.6 Å². The number of Topliss-reactive ketones (excluding diaryl/α,β-unsaturated/α-hetero) is 1. The summed E-state index contributed by atoms with van der Waals surface area (Å²) in [6.07, 6.45) is 3.85. The highest BCUT2D eigenvalue weighted by Crippen LogP contribution is 2.31. The van der Waals surface area contributed by atoms with Gasteiger partial charge in [0.05, 0.1) is 28.1 Å². The Labute approximate surface area is 214 Å². The third-order valence-corrected chi connectivity index (χ3v) is 6.80. The van der Waals surface area contributed by atoms with E-state index in [9.17, 15) is 14.7 Å². The lowest BCUT2D eigenvalue weighted by Crippen LogP contribution is -2.38. The van der Waals surface area contributed by atoms with Crippen molar-refractivity contribution in [3.8, 4) is 5.75 Å². The second kappa shape index (κ2) is 11.6. The fraction of sp³-hybridized carbons (Fsp3) is 0.296. The lowest BCUT2D eigenvalue weighted by molar-refractivity contribution is -0.141. The minimum absolute atomic E-state index is 0.166. The van der Waals surface area contributed by atoms with E-state index in [1.165, 1.54) is 0 Å². The molecule has 0 bridgehead atoms. The Bertz CT molecular complexity index is 1150. The van der Waals surface area contributed by atoms with E-state index in [0.29, 0.717) is 18.6 Å². The molecular formula is C27H26Cl2N2O4. The molecule has 0 saturated heterocycles. The van der Waals surface area contributed by atoms with Gasteiger partial charge >= 0.3 is 5.97 Å². The van der Waals surface area contributed by atoms with E-state index in [-0.39, 0.29) is 34.2 Å². The molecule has 0 radical (unpaired) electrons. The second-order valence-corrected chi connectivity index (χ2v) is 9.63. The lowest BCUT2D eigenvalue weighted by Gasteiger charge is -2.35. The highest BCUT2D eigenvalue weighted by atomic mass is 35.5. The molecule has 1 aromatic heterocycles. The number of nitrogens with zero attached hydrogens (tertiary/aromatic N) is 1. The van der Waals surface area contributed by atoms with Crippen LogP contribution in [0.25, 0.3) is 0 Å². The van der Waals surface area contributed by atoms with Crippen molar-refractivity contribution in [1.82, 2.24) is 4.98 Å². The zero-order chi connectivity index (χ0) is 24.8. The first-order chi connectivity index (χ1) is 16.9. The van der Waals surface area contributed by atoms with Gasteiger partial charge in [0.2, 0.25) is 0 Å². The first-order valence-corrected chi connectivity index (χ1v) is 12.2. The fourth-order valence-corrected chi connectivity index (χ4v) is 4.81. The summed E-state index contributed by atoms with van der Waals surface area (Å²) < 4.78 is 5.92. The summed E-state index contributed by atoms with van der Waals surface area (Å²) in [6, 6.07) is 18.4. The molecule has 1 saturated carbocycles. The third kappa shape index (κ3) is 6.74. The van der Waals surface area contributed by atoms with Gasteiger partial charge in [-0.1, -0.05) is 47.5 Å². The standard InChI is InChI=1S/C27H26Cl2N2O4/c28-22-4-3-5-23(29)26(22)24(32)15-19(27(33)34)12-17-7-9-21(10-8-17)35-16-18-13-20(14-18)31-25-6-1-2-11-30-25/h1-11,18-20H,12-16H2,(H,30,31)(H,33,34). The second-order valence-electron chi connectivity index (χ2n) is 8.81. The smallest absolute Gasteiger partial charge is 0.307 e. The number of ether oxygens (including phenoxy) is 1. The summed E-state index contributed by atoms with van der Waals surface area (Å²) in [5.41, 5.74) is 0.977. The maximum atomic E-state index is 12.7. The molecule has 0 aliphatic heterocycles. The minimum atomic E-state index is -1.04. The zero-order valence-electron chi connectivity index (χ0n) is 19.0. The van der Waals surface area contributed by atoms with Gasteiger partial charge in [-0.3, -0.25) is 9.59 Å². The highest BCUT2D eigenvalue weighted by molar-refractivity contribution is 6.39. The molecule has 182 valence electrons. The van der Waals surface area contributed by atoms with E-state index in [4.69, 9.17) is 27.9 Å². The van der Waals surface area contributed by atoms with Gasteiger partial charge in [0, 0.05) is 18.7 Å². The number of carboxylic acids is 1. The van der Waals surface area contributed by atoms with Crippen molar-refractivity contribution in [2.75, 3.05) is 11.9 Å². The van der Waals surface area contributed by atoms with Gasteiger partial charge < -0.3 is 15.2 Å². The van der Waals surface area contributed by atoms with Crippen molar-refractivity contribution < 1.29 is 19.4 Å². The lowest BCUT2D eigenvalue weighted by atomic mass is 9.81. The quantitative estimate of drug-likeness (QED) is 0.298. The number of benzene rings is 2. The van der Waals surface area contributed by atoms with E-state index in [1.807, 2.05) is 42.5 Å². The number of anilines is 1. The van der Waals surface area contributed by atoms with Crippen LogP contribution in [-0.4, -0.2) is 34.5 Å². The molecule has 8 heteroatoms. The number of hydrogen-bond donors (Lipinski definition) is 2. The number of ketones is 1. The Kier molecular flexibility index (Phi) is 8.26. The predicted octanol–water partition coefficient (Wildman–Crippen LogP) is 6.17. The van der Waals surface area contributed by atoms with Crippen molar-refractivity contribution in [2.45, 2.75) is 31.7 Å². The van der Waals surface area contributed by atoms with Crippen LogP contribution in [0, 0.1) is 11.8 Å². The Morgan fingerprint density at radius 3 is 2.37 bits per heavy atom. The van der Waals surface area contributed by atoms with Gasteiger partial charge in [0.25, 0.3) is 0 Å². The van der Waals surface area contributed by atoms with E-state index >= 15 is 0 Å². The molecular weight excluding hydrogens is 487 g/mol. The van der Waals surface area contributed by atoms with Crippen molar-refractivity contribution >= 4 is 40.8 Å². The normalized spacial score (nSPS) is 17.8. The number of carbonyl (C=O) groups is 2. The molecule has 1 fully saturated rings. The Balaban J connectivity index is 1.25. The molecule has 4 rings (SSSR count). The van der Waals surface area contributed by atoms with Crippen LogP contribution in [0.1, 0.15) is 35.2 Å². The van der Waals surface area contributed by atoms with E-state index in [0.717, 1.165) is 30.0 Å². The van der Waals surface area contributed by atoms with Gasteiger partial charge in [-0.15, -0.1) is 0 Å². The Morgan fingerprint density at radius 2 is 1.74 bits per heavy atom. The van der Waals surface area contributed by atoms with Crippen LogP contribution >= 0.6 is 23.2 Å². The third-order valence-electron chi connectivity index (χ3n) is 6.17. The minimum Gasteiger partial charge on any atom is -0.493 e. The molecule has 35 heavy (non-hydrogen) atoms. The molecule has 1 heterocycles. The average Bonchev–Trinajstić information content (AvgIpc) is 2.81. The average molecular weight is 513 g/mol. The number of carbonyl (C=O) groups excluding carboxylic acids is 1. The van der Waals surface area contributed by atoms with Gasteiger partial charge in [-0.05, 0) is 67.1 Å². The summed E-state index contributed by atoms with van der Waals surface area (Å²) in [5.74, 6) is -0.204. The summed E-state index contributed by atoms with van der Waals surface area (Å²) in [7, 11) is 0. The molecule has 2 aromatic carbocycles. The van der Waals surface area contributed by atoms with Crippen molar-refractivity contribution in [3.63, 3.8) is 0 Å². The van der Waals surface area contributed by atoms with E-state index in [2.05, 4.69) is 10.3 Å². The predicted molar refractivity (Wildman–Crippen MR) is 137 cm³/mol. The molecule has 0 spiro atoms. The van der Waals surface area contributed by atoms with Crippen LogP contribution in [0.15, 0.2) is 66.9 Å². The highest BCUT2D eigenvalue weighted by Gasteiger charge is 2.30. The number of nitrogens with one attached hydrogen (secondary N) is 1. The Hall–Kier alpha value is -3.09. The molecule has 1 unspecified atom stereocenters. The summed E-state index contributed by atoms with van der Waals surface area (Å²) >= 11 is 12.2. The molecule has 6 nitrogen and oxygen atoms in total. The molecule has 0 amide bonds. The molecule has 2 N–H and O–H groups in total. The van der Waals surface area contributed by atoms with Crippen LogP contribution in [-0.2, 0) is 11.2 Å². The van der Waals surface area contributed by atoms with Crippen LogP contribution in [0.3, 0.4) is 0 Å². The van der Waals surface area contributed by atoms with Crippen LogP contribution < -0.4 is 10.1 Å². The topological polar surface area (TPSA) is 88.5 Å². The zero-order valence-corrected chi connectivity index (χ0v) is 20.5. The van der Waals surface area contributed by atoms with Crippen LogP contribution in [0.4, 0.5) is 5.82 Å². The van der Waals surface area contributed by atoms with Crippen LogP contribution in [0.5, 0.6) is 5.75 Å². The van der Waals surface area contributed by atoms with E-state index < -0.39 is 11.9 Å². The summed E-state index contributed by atoms with van der Waals surface area (Å²) in [6.45, 7) is 0.630. The summed E-state index contributed by atoms with van der Waals surface area (Å²) in [5, 5.41) is 13.5. The maximum Gasteiger partial charge on any atom is 0.307 e. The van der Waals surface area contributed by atoms with Crippen molar-refractivity contribution in [2.24, 2.45) is 11.8 Å². The van der Waals surface area contributed by atoms with Gasteiger partial charge in [0.15, 0.2) is 5.78 Å². The largest absolute Gasteiger partial charge is 0.493 e. The number of aromatic nitrogens is 1. The molecule has 3 aromatic rings. The molecule has 1 atom stereocenters. The number of pyridine rings is 1. The van der Waals surface area contributed by atoms with Gasteiger partial charge in [-0.25, -0.2) is 4.98 Å². The number of aliphatic carboxylic acids is 1. The molecule has 1 aliphatic carbocycles. The first-order valence-electron chi connectivity index (χ1n) is 11.5. The maximum absolute atomic E-state index is 12.7. The summed E-state index contributed by atoms with van der Waals surface area (Å²) in [4.78, 5) is 28.8. The Morgan fingerprint density at radius 1 is 1.03 bits per heavy atom. The fourth-order valence-electron chi connectivity index (χ4n) is 4.20.